The van der Waals surface area contributed by atoms with Gasteiger partial charge in [-0.1, -0.05) is 53.8 Å². The third kappa shape index (κ3) is 5.93. The van der Waals surface area contributed by atoms with E-state index in [4.69, 9.17) is 22.1 Å². The fraction of sp³-hybridized carbons (Fsp3) is 0.167. The SMILES string of the molecule is Nc1cc(Cl)ccc1C#CCCNC(=O)OCc1ccccc1. The molecule has 0 saturated carbocycles. The van der Waals surface area contributed by atoms with E-state index in [9.17, 15) is 4.79 Å². The Kier molecular flexibility index (Phi) is 6.34. The molecule has 0 spiro atoms. The van der Waals surface area contributed by atoms with Crippen molar-refractivity contribution in [3.8, 4) is 11.8 Å². The fourth-order valence-corrected chi connectivity index (χ4v) is 1.99. The van der Waals surface area contributed by atoms with E-state index in [0.717, 1.165) is 11.1 Å². The largest absolute Gasteiger partial charge is 0.445 e. The minimum Gasteiger partial charge on any atom is -0.445 e. The fourth-order valence-electron chi connectivity index (χ4n) is 1.81. The van der Waals surface area contributed by atoms with Crippen LogP contribution in [0.2, 0.25) is 5.02 Å². The lowest BCUT2D eigenvalue weighted by atomic mass is 10.2. The molecule has 0 bridgehead atoms. The lowest BCUT2D eigenvalue weighted by Gasteiger charge is -2.05. The maximum Gasteiger partial charge on any atom is 0.407 e. The Bertz CT molecular complexity index is 721. The topological polar surface area (TPSA) is 64.3 Å². The van der Waals surface area contributed by atoms with Gasteiger partial charge in [0.05, 0.1) is 0 Å². The van der Waals surface area contributed by atoms with E-state index in [2.05, 4.69) is 17.2 Å². The van der Waals surface area contributed by atoms with Crippen molar-refractivity contribution in [2.24, 2.45) is 0 Å². The molecule has 2 aromatic rings. The molecule has 1 amide bonds. The molecule has 0 fully saturated rings. The summed E-state index contributed by atoms with van der Waals surface area (Å²) in [4.78, 5) is 11.5. The van der Waals surface area contributed by atoms with Crippen LogP contribution in [0.1, 0.15) is 17.5 Å². The van der Waals surface area contributed by atoms with Crippen molar-refractivity contribution < 1.29 is 9.53 Å². The first-order chi connectivity index (χ1) is 11.1. The van der Waals surface area contributed by atoms with E-state index in [1.807, 2.05) is 30.3 Å². The number of rotatable bonds is 4. The second kappa shape index (κ2) is 8.72. The highest BCUT2D eigenvalue weighted by Gasteiger charge is 2.01. The molecule has 23 heavy (non-hydrogen) atoms. The molecule has 3 N–H and O–H groups in total. The maximum atomic E-state index is 11.5. The Labute approximate surface area is 140 Å². The number of anilines is 1. The lowest BCUT2D eigenvalue weighted by Crippen LogP contribution is -2.24. The number of hydrogen-bond acceptors (Lipinski definition) is 3. The van der Waals surface area contributed by atoms with Gasteiger partial charge in [-0.2, -0.15) is 0 Å². The highest BCUT2D eigenvalue weighted by Crippen LogP contribution is 2.16. The van der Waals surface area contributed by atoms with Crippen LogP contribution in [-0.2, 0) is 11.3 Å². The number of nitrogen functional groups attached to an aromatic ring is 1. The molecule has 0 aliphatic rings. The molecule has 2 rings (SSSR count). The molecule has 0 radical (unpaired) electrons. The van der Waals surface area contributed by atoms with E-state index < -0.39 is 6.09 Å². The average molecular weight is 329 g/mol. The van der Waals surface area contributed by atoms with Gasteiger partial charge >= 0.3 is 6.09 Å². The van der Waals surface area contributed by atoms with Crippen LogP contribution in [0, 0.1) is 11.8 Å². The number of carbonyl (C=O) groups is 1. The number of hydrogen-bond donors (Lipinski definition) is 2. The molecule has 0 saturated heterocycles. The van der Waals surface area contributed by atoms with Crippen molar-refractivity contribution in [2.45, 2.75) is 13.0 Å². The van der Waals surface area contributed by atoms with E-state index in [1.165, 1.54) is 0 Å². The highest BCUT2D eigenvalue weighted by molar-refractivity contribution is 6.30. The average Bonchev–Trinajstić information content (AvgIpc) is 2.55. The van der Waals surface area contributed by atoms with E-state index >= 15 is 0 Å². The maximum absolute atomic E-state index is 11.5. The summed E-state index contributed by atoms with van der Waals surface area (Å²) in [7, 11) is 0. The molecule has 4 nitrogen and oxygen atoms in total. The van der Waals surface area contributed by atoms with Crippen LogP contribution < -0.4 is 11.1 Å². The van der Waals surface area contributed by atoms with Gasteiger partial charge in [0.2, 0.25) is 0 Å². The zero-order chi connectivity index (χ0) is 16.5. The predicted octanol–water partition coefficient (Wildman–Crippen LogP) is 3.59. The van der Waals surface area contributed by atoms with Gasteiger partial charge in [-0.25, -0.2) is 4.79 Å². The van der Waals surface area contributed by atoms with E-state index in [0.29, 0.717) is 23.7 Å². The van der Waals surface area contributed by atoms with Crippen LogP contribution in [-0.4, -0.2) is 12.6 Å². The number of ether oxygens (including phenoxy) is 1. The molecule has 0 aromatic heterocycles. The van der Waals surface area contributed by atoms with Gasteiger partial charge in [0.25, 0.3) is 0 Å². The molecule has 5 heteroatoms. The van der Waals surface area contributed by atoms with Crippen molar-refractivity contribution in [3.63, 3.8) is 0 Å². The number of amides is 1. The first-order valence-electron chi connectivity index (χ1n) is 7.13. The summed E-state index contributed by atoms with van der Waals surface area (Å²) in [6.07, 6.45) is 0.0457. The molecule has 0 atom stereocenters. The summed E-state index contributed by atoms with van der Waals surface area (Å²) >= 11 is 5.82. The molecule has 2 aromatic carbocycles. The number of benzene rings is 2. The third-order valence-electron chi connectivity index (χ3n) is 2.97. The second-order valence-electron chi connectivity index (χ2n) is 4.77. The summed E-state index contributed by atoms with van der Waals surface area (Å²) in [5, 5.41) is 3.23. The predicted molar refractivity (Wildman–Crippen MR) is 92.0 cm³/mol. The summed E-state index contributed by atoms with van der Waals surface area (Å²) in [6.45, 7) is 0.660. The third-order valence-corrected chi connectivity index (χ3v) is 3.20. The van der Waals surface area contributed by atoms with Gasteiger partial charge in [0.1, 0.15) is 6.61 Å². The van der Waals surface area contributed by atoms with Crippen molar-refractivity contribution in [3.05, 3.63) is 64.7 Å². The van der Waals surface area contributed by atoms with Crippen molar-refractivity contribution in [1.82, 2.24) is 5.32 Å². The molecule has 0 aliphatic heterocycles. The summed E-state index contributed by atoms with van der Waals surface area (Å²) in [5.41, 5.74) is 8.01. The molecule has 0 heterocycles. The minimum atomic E-state index is -0.457. The smallest absolute Gasteiger partial charge is 0.407 e. The number of nitrogens with one attached hydrogen (secondary N) is 1. The van der Waals surface area contributed by atoms with E-state index in [-0.39, 0.29) is 6.61 Å². The molecular formula is C18H17ClN2O2. The van der Waals surface area contributed by atoms with Gasteiger partial charge in [0.15, 0.2) is 0 Å². The first-order valence-corrected chi connectivity index (χ1v) is 7.51. The van der Waals surface area contributed by atoms with Crippen LogP contribution >= 0.6 is 11.6 Å². The van der Waals surface area contributed by atoms with Crippen molar-refractivity contribution in [2.75, 3.05) is 12.3 Å². The Morgan fingerprint density at radius 3 is 2.74 bits per heavy atom. The standard InChI is InChI=1S/C18H17ClN2O2/c19-16-10-9-15(17(20)12-16)8-4-5-11-21-18(22)23-13-14-6-2-1-3-7-14/h1-3,6-7,9-10,12H,5,11,13,20H2,(H,21,22). The zero-order valence-corrected chi connectivity index (χ0v) is 13.3. The van der Waals surface area contributed by atoms with E-state index in [1.54, 1.807) is 18.2 Å². The van der Waals surface area contributed by atoms with Crippen LogP contribution in [0.3, 0.4) is 0 Å². The first kappa shape index (κ1) is 16.7. The summed E-state index contributed by atoms with van der Waals surface area (Å²) < 4.78 is 5.09. The highest BCUT2D eigenvalue weighted by atomic mass is 35.5. The van der Waals surface area contributed by atoms with Crippen LogP contribution in [0.25, 0.3) is 0 Å². The Hall–Kier alpha value is -2.64. The number of alkyl carbamates (subject to hydrolysis) is 1. The van der Waals surface area contributed by atoms with Gasteiger partial charge in [-0.05, 0) is 23.8 Å². The second-order valence-corrected chi connectivity index (χ2v) is 5.21. The molecule has 0 aliphatic carbocycles. The number of carbonyl (C=O) groups excluding carboxylic acids is 1. The normalized spacial score (nSPS) is 9.61. The quantitative estimate of drug-likeness (QED) is 0.512. The number of halogens is 1. The molecule has 0 unspecified atom stereocenters. The number of nitrogens with two attached hydrogens (primary N) is 1. The van der Waals surface area contributed by atoms with Gasteiger partial charge in [-0.15, -0.1) is 0 Å². The van der Waals surface area contributed by atoms with Gasteiger partial charge in [0, 0.05) is 29.2 Å². The van der Waals surface area contributed by atoms with Crippen LogP contribution in [0.4, 0.5) is 10.5 Å². The molecule has 118 valence electrons. The van der Waals surface area contributed by atoms with Gasteiger partial charge in [-0.3, -0.25) is 0 Å². The molecular weight excluding hydrogens is 312 g/mol. The minimum absolute atomic E-state index is 0.250. The van der Waals surface area contributed by atoms with Gasteiger partial charge < -0.3 is 15.8 Å². The summed E-state index contributed by atoms with van der Waals surface area (Å²) in [5.74, 6) is 5.89. The monoisotopic (exact) mass is 328 g/mol. The Morgan fingerprint density at radius 2 is 2.00 bits per heavy atom. The van der Waals surface area contributed by atoms with Crippen molar-refractivity contribution >= 4 is 23.4 Å². The Morgan fingerprint density at radius 1 is 1.22 bits per heavy atom. The summed E-state index contributed by atoms with van der Waals surface area (Å²) in [6, 6.07) is 14.7. The van der Waals surface area contributed by atoms with Crippen LogP contribution in [0.5, 0.6) is 0 Å². The lowest BCUT2D eigenvalue weighted by molar-refractivity contribution is 0.140. The van der Waals surface area contributed by atoms with Crippen LogP contribution in [0.15, 0.2) is 48.5 Å². The zero-order valence-electron chi connectivity index (χ0n) is 12.5. The van der Waals surface area contributed by atoms with Crippen molar-refractivity contribution in [1.29, 1.82) is 0 Å². The Balaban J connectivity index is 1.69.